The van der Waals surface area contributed by atoms with E-state index in [0.29, 0.717) is 12.0 Å². The second-order valence-electron chi connectivity index (χ2n) is 6.17. The summed E-state index contributed by atoms with van der Waals surface area (Å²) in [6.07, 6.45) is -0.492. The average Bonchev–Trinajstić information content (AvgIpc) is 2.67. The topological polar surface area (TPSA) is 60.7 Å². The van der Waals surface area contributed by atoms with E-state index in [9.17, 15) is 15.3 Å². The normalized spacial score (nSPS) is 12.7. The van der Waals surface area contributed by atoms with Crippen LogP contribution in [0, 0.1) is 0 Å². The standard InChI is InChI=1S/C22H22O3/c23-16-15-22(18-7-3-1-4-8-18,19-9-5-2-6-10-19)21(25)17-11-13-20(24)14-12-17/h1-14,21,23-25H,15-16H2. The maximum absolute atomic E-state index is 11.4. The summed E-state index contributed by atoms with van der Waals surface area (Å²) in [6, 6.07) is 26.1. The van der Waals surface area contributed by atoms with Crippen molar-refractivity contribution in [3.8, 4) is 5.75 Å². The van der Waals surface area contributed by atoms with Crippen LogP contribution in [0.3, 0.4) is 0 Å². The highest BCUT2D eigenvalue weighted by molar-refractivity contribution is 5.44. The number of phenolic OH excluding ortho intramolecular Hbond substituents is 1. The van der Waals surface area contributed by atoms with Crippen molar-refractivity contribution in [1.29, 1.82) is 0 Å². The van der Waals surface area contributed by atoms with Crippen LogP contribution in [0.4, 0.5) is 0 Å². The van der Waals surface area contributed by atoms with E-state index in [2.05, 4.69) is 0 Å². The van der Waals surface area contributed by atoms with Crippen molar-refractivity contribution in [3.63, 3.8) is 0 Å². The fourth-order valence-electron chi connectivity index (χ4n) is 3.50. The maximum Gasteiger partial charge on any atom is 0.115 e. The maximum atomic E-state index is 11.4. The molecule has 0 bridgehead atoms. The first-order valence-corrected chi connectivity index (χ1v) is 8.37. The third kappa shape index (κ3) is 3.29. The van der Waals surface area contributed by atoms with E-state index in [1.807, 2.05) is 60.7 Å². The van der Waals surface area contributed by atoms with Gasteiger partial charge in [-0.25, -0.2) is 0 Å². The summed E-state index contributed by atoms with van der Waals surface area (Å²) < 4.78 is 0. The van der Waals surface area contributed by atoms with Gasteiger partial charge in [-0.15, -0.1) is 0 Å². The molecule has 0 fully saturated rings. The predicted molar refractivity (Wildman–Crippen MR) is 98.4 cm³/mol. The fourth-order valence-corrected chi connectivity index (χ4v) is 3.50. The van der Waals surface area contributed by atoms with Crippen molar-refractivity contribution in [3.05, 3.63) is 102 Å². The molecule has 0 aliphatic heterocycles. The summed E-state index contributed by atoms with van der Waals surface area (Å²) in [5.41, 5.74) is 1.79. The van der Waals surface area contributed by atoms with Crippen LogP contribution in [-0.2, 0) is 5.41 Å². The Balaban J connectivity index is 2.21. The zero-order valence-corrected chi connectivity index (χ0v) is 13.9. The number of rotatable bonds is 6. The minimum Gasteiger partial charge on any atom is -0.508 e. The summed E-state index contributed by atoms with van der Waals surface area (Å²) in [6.45, 7) is -0.0566. The number of phenols is 1. The molecule has 0 aliphatic carbocycles. The van der Waals surface area contributed by atoms with E-state index >= 15 is 0 Å². The first-order chi connectivity index (χ1) is 12.2. The SMILES string of the molecule is OCCC(c1ccccc1)(c1ccccc1)C(O)c1ccc(O)cc1. The second-order valence-corrected chi connectivity index (χ2v) is 6.17. The number of hydrogen-bond acceptors (Lipinski definition) is 3. The van der Waals surface area contributed by atoms with E-state index in [1.165, 1.54) is 0 Å². The van der Waals surface area contributed by atoms with Crippen LogP contribution in [0.1, 0.15) is 29.2 Å². The molecule has 0 aromatic heterocycles. The van der Waals surface area contributed by atoms with Crippen molar-refractivity contribution < 1.29 is 15.3 Å². The van der Waals surface area contributed by atoms with Gasteiger partial charge in [0.1, 0.15) is 5.75 Å². The Morgan fingerprint density at radius 2 is 1.20 bits per heavy atom. The molecule has 0 heterocycles. The van der Waals surface area contributed by atoms with Crippen molar-refractivity contribution in [2.45, 2.75) is 17.9 Å². The number of aliphatic hydroxyl groups is 2. The Morgan fingerprint density at radius 1 is 0.720 bits per heavy atom. The van der Waals surface area contributed by atoms with Crippen LogP contribution < -0.4 is 0 Å². The smallest absolute Gasteiger partial charge is 0.115 e. The van der Waals surface area contributed by atoms with Gasteiger partial charge < -0.3 is 15.3 Å². The molecule has 3 N–H and O–H groups in total. The van der Waals surface area contributed by atoms with Gasteiger partial charge in [0, 0.05) is 6.61 Å². The number of aromatic hydroxyl groups is 1. The quantitative estimate of drug-likeness (QED) is 0.643. The van der Waals surface area contributed by atoms with Crippen LogP contribution in [0.2, 0.25) is 0 Å². The summed E-state index contributed by atoms with van der Waals surface area (Å²) in [4.78, 5) is 0. The number of hydrogen-bond donors (Lipinski definition) is 3. The van der Waals surface area contributed by atoms with Crippen LogP contribution in [-0.4, -0.2) is 21.9 Å². The molecular formula is C22H22O3. The van der Waals surface area contributed by atoms with Gasteiger partial charge in [0.2, 0.25) is 0 Å². The fraction of sp³-hybridized carbons (Fsp3) is 0.182. The zero-order chi connectivity index (χ0) is 17.7. The van der Waals surface area contributed by atoms with Crippen molar-refractivity contribution in [2.24, 2.45) is 0 Å². The first-order valence-electron chi connectivity index (χ1n) is 8.37. The number of benzene rings is 3. The van der Waals surface area contributed by atoms with Gasteiger partial charge in [-0.2, -0.15) is 0 Å². The Bertz CT molecular complexity index is 743. The van der Waals surface area contributed by atoms with Crippen LogP contribution >= 0.6 is 0 Å². The summed E-state index contributed by atoms with van der Waals surface area (Å²) in [7, 11) is 0. The van der Waals surface area contributed by atoms with Crippen LogP contribution in [0.25, 0.3) is 0 Å². The first kappa shape index (κ1) is 17.2. The highest BCUT2D eigenvalue weighted by Crippen LogP contribution is 2.46. The van der Waals surface area contributed by atoms with Gasteiger partial charge in [-0.1, -0.05) is 72.8 Å². The van der Waals surface area contributed by atoms with Gasteiger partial charge in [0.05, 0.1) is 11.5 Å². The molecule has 1 atom stereocenters. The van der Waals surface area contributed by atoms with E-state index in [4.69, 9.17) is 0 Å². The molecule has 25 heavy (non-hydrogen) atoms. The van der Waals surface area contributed by atoms with Gasteiger partial charge in [-0.05, 0) is 35.2 Å². The molecule has 0 amide bonds. The summed E-state index contributed by atoms with van der Waals surface area (Å²) in [5, 5.41) is 30.7. The van der Waals surface area contributed by atoms with E-state index < -0.39 is 11.5 Å². The van der Waals surface area contributed by atoms with Crippen molar-refractivity contribution in [2.75, 3.05) is 6.61 Å². The lowest BCUT2D eigenvalue weighted by Gasteiger charge is -2.39. The largest absolute Gasteiger partial charge is 0.508 e. The molecule has 128 valence electrons. The van der Waals surface area contributed by atoms with Crippen LogP contribution in [0.15, 0.2) is 84.9 Å². The van der Waals surface area contributed by atoms with Crippen molar-refractivity contribution >= 4 is 0 Å². The van der Waals surface area contributed by atoms with Crippen molar-refractivity contribution in [1.82, 2.24) is 0 Å². The van der Waals surface area contributed by atoms with Gasteiger partial charge in [0.15, 0.2) is 0 Å². The van der Waals surface area contributed by atoms with Gasteiger partial charge >= 0.3 is 0 Å². The Hall–Kier alpha value is -2.62. The highest BCUT2D eigenvalue weighted by Gasteiger charge is 2.41. The molecule has 3 nitrogen and oxygen atoms in total. The predicted octanol–water partition coefficient (Wildman–Crippen LogP) is 3.79. The molecule has 0 saturated heterocycles. The molecule has 3 aromatic carbocycles. The number of aliphatic hydroxyl groups excluding tert-OH is 2. The Labute approximate surface area is 147 Å². The molecular weight excluding hydrogens is 312 g/mol. The molecule has 0 radical (unpaired) electrons. The monoisotopic (exact) mass is 334 g/mol. The van der Waals surface area contributed by atoms with Gasteiger partial charge in [-0.3, -0.25) is 0 Å². The molecule has 0 aliphatic rings. The van der Waals surface area contributed by atoms with Crippen LogP contribution in [0.5, 0.6) is 5.75 Å². The molecule has 0 spiro atoms. The third-order valence-electron chi connectivity index (χ3n) is 4.76. The zero-order valence-electron chi connectivity index (χ0n) is 13.9. The minimum atomic E-state index is -0.870. The summed E-state index contributed by atoms with van der Waals surface area (Å²) in [5.74, 6) is 0.156. The molecule has 3 aromatic rings. The van der Waals surface area contributed by atoms with E-state index in [1.54, 1.807) is 24.3 Å². The minimum absolute atomic E-state index is 0.0566. The Morgan fingerprint density at radius 3 is 1.64 bits per heavy atom. The lowest BCUT2D eigenvalue weighted by atomic mass is 9.66. The van der Waals surface area contributed by atoms with E-state index in [-0.39, 0.29) is 12.4 Å². The highest BCUT2D eigenvalue weighted by atomic mass is 16.3. The average molecular weight is 334 g/mol. The van der Waals surface area contributed by atoms with E-state index in [0.717, 1.165) is 11.1 Å². The lowest BCUT2D eigenvalue weighted by molar-refractivity contribution is 0.0828. The second kappa shape index (κ2) is 7.51. The lowest BCUT2D eigenvalue weighted by Crippen LogP contribution is -2.36. The molecule has 1 unspecified atom stereocenters. The van der Waals surface area contributed by atoms with Gasteiger partial charge in [0.25, 0.3) is 0 Å². The Kier molecular flexibility index (Phi) is 5.17. The molecule has 0 saturated carbocycles. The molecule has 3 heteroatoms. The summed E-state index contributed by atoms with van der Waals surface area (Å²) >= 11 is 0. The third-order valence-corrected chi connectivity index (χ3v) is 4.76. The molecule has 3 rings (SSSR count).